The van der Waals surface area contributed by atoms with Crippen molar-refractivity contribution >= 4 is 27.5 Å². The molecule has 1 atom stereocenters. The summed E-state index contributed by atoms with van der Waals surface area (Å²) in [4.78, 5) is 0. The summed E-state index contributed by atoms with van der Waals surface area (Å²) in [6, 6.07) is 6.50. The lowest BCUT2D eigenvalue weighted by molar-refractivity contribution is 0.477. The van der Waals surface area contributed by atoms with Crippen molar-refractivity contribution in [2.75, 3.05) is 6.54 Å². The zero-order valence-corrected chi connectivity index (χ0v) is 15.1. The van der Waals surface area contributed by atoms with Crippen LogP contribution in [0.4, 0.5) is 0 Å². The number of unbranched alkanes of at least 4 members (excludes halogenated alkanes) is 5. The smallest absolute Gasteiger partial charge is 0.0454 e. The normalized spacial score (nSPS) is 12.6. The minimum absolute atomic E-state index is 0.371. The van der Waals surface area contributed by atoms with Gasteiger partial charge >= 0.3 is 0 Å². The van der Waals surface area contributed by atoms with Crippen LogP contribution in [0.25, 0.3) is 0 Å². The van der Waals surface area contributed by atoms with E-state index in [4.69, 9.17) is 11.6 Å². The van der Waals surface area contributed by atoms with Crippen LogP contribution in [0.15, 0.2) is 22.7 Å². The quantitative estimate of drug-likeness (QED) is 0.469. The molecule has 0 fully saturated rings. The first-order valence-electron chi connectivity index (χ1n) is 7.87. The van der Waals surface area contributed by atoms with Gasteiger partial charge in [-0.3, -0.25) is 0 Å². The van der Waals surface area contributed by atoms with Crippen LogP contribution in [0.3, 0.4) is 0 Å². The maximum Gasteiger partial charge on any atom is 0.0454 e. The van der Waals surface area contributed by atoms with Gasteiger partial charge in [0, 0.05) is 15.5 Å². The Morgan fingerprint density at radius 2 is 1.80 bits per heavy atom. The van der Waals surface area contributed by atoms with E-state index in [1.54, 1.807) is 0 Å². The fraction of sp³-hybridized carbons (Fsp3) is 0.647. The van der Waals surface area contributed by atoms with Crippen molar-refractivity contribution in [1.82, 2.24) is 5.32 Å². The molecule has 3 heteroatoms. The van der Waals surface area contributed by atoms with Gasteiger partial charge in [0.15, 0.2) is 0 Å². The molecule has 1 rings (SSSR count). The first kappa shape index (κ1) is 18.0. The third-order valence-corrected chi connectivity index (χ3v) is 4.47. The highest BCUT2D eigenvalue weighted by molar-refractivity contribution is 9.10. The van der Waals surface area contributed by atoms with Gasteiger partial charge in [0.2, 0.25) is 0 Å². The van der Waals surface area contributed by atoms with Gasteiger partial charge in [0.25, 0.3) is 0 Å². The average Bonchev–Trinajstić information content (AvgIpc) is 2.44. The van der Waals surface area contributed by atoms with Crippen molar-refractivity contribution in [3.8, 4) is 0 Å². The summed E-state index contributed by atoms with van der Waals surface area (Å²) in [5.74, 6) is 0. The monoisotopic (exact) mass is 359 g/mol. The van der Waals surface area contributed by atoms with E-state index in [2.05, 4.69) is 41.2 Å². The molecule has 0 spiro atoms. The molecule has 20 heavy (non-hydrogen) atoms. The van der Waals surface area contributed by atoms with Crippen molar-refractivity contribution in [1.29, 1.82) is 0 Å². The van der Waals surface area contributed by atoms with E-state index < -0.39 is 0 Å². The number of nitrogens with one attached hydrogen (secondary N) is 1. The van der Waals surface area contributed by atoms with Crippen molar-refractivity contribution in [3.63, 3.8) is 0 Å². The highest BCUT2D eigenvalue weighted by Crippen LogP contribution is 2.29. The second kappa shape index (κ2) is 10.6. The standard InChI is InChI=1S/C17H27BrClN/c1-3-5-6-7-8-9-10-17(20-4-2)15-13-14(18)11-12-16(15)19/h11-13,17,20H,3-10H2,1-2H3. The Morgan fingerprint density at radius 1 is 1.10 bits per heavy atom. The fourth-order valence-electron chi connectivity index (χ4n) is 2.52. The van der Waals surface area contributed by atoms with Gasteiger partial charge in [0.1, 0.15) is 0 Å². The zero-order valence-electron chi connectivity index (χ0n) is 12.7. The second-order valence-electron chi connectivity index (χ2n) is 5.33. The minimum atomic E-state index is 0.371. The molecule has 114 valence electrons. The Labute approximate surface area is 137 Å². The Balaban J connectivity index is 2.49. The second-order valence-corrected chi connectivity index (χ2v) is 6.66. The van der Waals surface area contributed by atoms with Crippen LogP contribution in [0.5, 0.6) is 0 Å². The lowest BCUT2D eigenvalue weighted by Gasteiger charge is -2.20. The van der Waals surface area contributed by atoms with Gasteiger partial charge in [-0.25, -0.2) is 0 Å². The third kappa shape index (κ3) is 6.60. The summed E-state index contributed by atoms with van der Waals surface area (Å²) < 4.78 is 1.10. The Morgan fingerprint density at radius 3 is 2.50 bits per heavy atom. The van der Waals surface area contributed by atoms with E-state index in [9.17, 15) is 0 Å². The molecule has 1 unspecified atom stereocenters. The SMILES string of the molecule is CCCCCCCCC(NCC)c1cc(Br)ccc1Cl. The molecule has 1 aromatic rings. The zero-order chi connectivity index (χ0) is 14.8. The molecule has 0 aliphatic carbocycles. The number of benzene rings is 1. The molecular formula is C17H27BrClN. The molecule has 0 heterocycles. The summed E-state index contributed by atoms with van der Waals surface area (Å²) in [6.07, 6.45) is 9.18. The van der Waals surface area contributed by atoms with Crippen molar-refractivity contribution in [2.45, 2.75) is 64.8 Å². The third-order valence-electron chi connectivity index (χ3n) is 3.63. The molecule has 0 saturated heterocycles. The highest BCUT2D eigenvalue weighted by atomic mass is 79.9. The summed E-state index contributed by atoms with van der Waals surface area (Å²) >= 11 is 9.89. The van der Waals surface area contributed by atoms with Crippen LogP contribution in [0, 0.1) is 0 Å². The van der Waals surface area contributed by atoms with Crippen LogP contribution >= 0.6 is 27.5 Å². The summed E-state index contributed by atoms with van der Waals surface area (Å²) in [5.41, 5.74) is 1.22. The molecule has 0 aromatic heterocycles. The van der Waals surface area contributed by atoms with Crippen LogP contribution < -0.4 is 5.32 Å². The molecular weight excluding hydrogens is 334 g/mol. The molecule has 0 saturated carbocycles. The van der Waals surface area contributed by atoms with Crippen LogP contribution in [0.1, 0.15) is 70.4 Å². The molecule has 0 aliphatic rings. The van der Waals surface area contributed by atoms with Gasteiger partial charge in [-0.15, -0.1) is 0 Å². The predicted molar refractivity (Wildman–Crippen MR) is 93.6 cm³/mol. The number of hydrogen-bond acceptors (Lipinski definition) is 1. The highest BCUT2D eigenvalue weighted by Gasteiger charge is 2.13. The largest absolute Gasteiger partial charge is 0.310 e. The van der Waals surface area contributed by atoms with Gasteiger partial charge in [-0.05, 0) is 36.7 Å². The van der Waals surface area contributed by atoms with Gasteiger partial charge in [-0.2, -0.15) is 0 Å². The number of halogens is 2. The lowest BCUT2D eigenvalue weighted by Crippen LogP contribution is -2.21. The average molecular weight is 361 g/mol. The van der Waals surface area contributed by atoms with E-state index >= 15 is 0 Å². The first-order valence-corrected chi connectivity index (χ1v) is 9.04. The van der Waals surface area contributed by atoms with E-state index in [0.29, 0.717) is 6.04 Å². The molecule has 0 radical (unpaired) electrons. The van der Waals surface area contributed by atoms with Crippen LogP contribution in [-0.2, 0) is 0 Å². The summed E-state index contributed by atoms with van der Waals surface area (Å²) in [7, 11) is 0. The van der Waals surface area contributed by atoms with Crippen molar-refractivity contribution in [2.24, 2.45) is 0 Å². The molecule has 1 nitrogen and oxygen atoms in total. The summed E-state index contributed by atoms with van der Waals surface area (Å²) in [6.45, 7) is 5.39. The molecule has 0 aliphatic heterocycles. The van der Waals surface area contributed by atoms with Crippen molar-refractivity contribution in [3.05, 3.63) is 33.3 Å². The van der Waals surface area contributed by atoms with E-state index in [1.165, 1.54) is 44.1 Å². The van der Waals surface area contributed by atoms with Crippen LogP contribution in [-0.4, -0.2) is 6.54 Å². The fourth-order valence-corrected chi connectivity index (χ4v) is 3.15. The van der Waals surface area contributed by atoms with E-state index in [-0.39, 0.29) is 0 Å². The summed E-state index contributed by atoms with van der Waals surface area (Å²) in [5, 5.41) is 4.43. The lowest BCUT2D eigenvalue weighted by atomic mass is 9.99. The molecule has 1 N–H and O–H groups in total. The topological polar surface area (TPSA) is 12.0 Å². The van der Waals surface area contributed by atoms with Gasteiger partial charge in [-0.1, -0.05) is 79.9 Å². The Hall–Kier alpha value is -0.0500. The van der Waals surface area contributed by atoms with Crippen molar-refractivity contribution < 1.29 is 0 Å². The number of hydrogen-bond donors (Lipinski definition) is 1. The molecule has 1 aromatic carbocycles. The van der Waals surface area contributed by atoms with E-state index in [1.807, 2.05) is 12.1 Å². The van der Waals surface area contributed by atoms with E-state index in [0.717, 1.165) is 22.5 Å². The number of rotatable bonds is 10. The van der Waals surface area contributed by atoms with Gasteiger partial charge in [0.05, 0.1) is 0 Å². The Bertz CT molecular complexity index is 381. The maximum atomic E-state index is 6.35. The predicted octanol–water partition coefficient (Wildman–Crippen LogP) is 6.50. The maximum absolute atomic E-state index is 6.35. The Kier molecular flexibility index (Phi) is 9.58. The molecule has 0 bridgehead atoms. The first-order chi connectivity index (χ1) is 9.69. The van der Waals surface area contributed by atoms with Crippen LogP contribution in [0.2, 0.25) is 5.02 Å². The van der Waals surface area contributed by atoms with Gasteiger partial charge < -0.3 is 5.32 Å². The minimum Gasteiger partial charge on any atom is -0.310 e. The molecule has 0 amide bonds.